The zero-order valence-corrected chi connectivity index (χ0v) is 16.5. The summed E-state index contributed by atoms with van der Waals surface area (Å²) in [5.74, 6) is 0.912. The SMILES string of the molecule is CC(C)CNC(=O)Nc1cccc(-c2ccc3c(c2)sc2c(N)ncnc23)c1. The molecule has 2 heterocycles. The number of nitrogen functional groups attached to an aromatic ring is 1. The molecule has 0 atom stereocenters. The van der Waals surface area contributed by atoms with E-state index in [1.54, 1.807) is 11.3 Å². The van der Waals surface area contributed by atoms with Crippen molar-refractivity contribution in [3.8, 4) is 11.1 Å². The van der Waals surface area contributed by atoms with Crippen molar-refractivity contribution >= 4 is 49.2 Å². The zero-order chi connectivity index (χ0) is 19.7. The first-order valence-electron chi connectivity index (χ1n) is 9.09. The Morgan fingerprint density at radius 2 is 1.96 bits per heavy atom. The van der Waals surface area contributed by atoms with Crippen LogP contribution in [0.25, 0.3) is 31.4 Å². The highest BCUT2D eigenvalue weighted by Gasteiger charge is 2.11. The van der Waals surface area contributed by atoms with Crippen molar-refractivity contribution in [2.45, 2.75) is 13.8 Å². The van der Waals surface area contributed by atoms with Gasteiger partial charge in [0, 0.05) is 22.3 Å². The van der Waals surface area contributed by atoms with E-state index >= 15 is 0 Å². The molecule has 2 aromatic carbocycles. The topological polar surface area (TPSA) is 92.9 Å². The minimum absolute atomic E-state index is 0.195. The molecule has 0 fully saturated rings. The fourth-order valence-corrected chi connectivity index (χ4v) is 4.12. The summed E-state index contributed by atoms with van der Waals surface area (Å²) in [4.78, 5) is 20.5. The van der Waals surface area contributed by atoms with Crippen LogP contribution in [0.1, 0.15) is 13.8 Å². The monoisotopic (exact) mass is 391 g/mol. The fraction of sp³-hybridized carbons (Fsp3) is 0.190. The van der Waals surface area contributed by atoms with Gasteiger partial charge in [0.2, 0.25) is 0 Å². The van der Waals surface area contributed by atoms with Crippen LogP contribution in [0.5, 0.6) is 0 Å². The van der Waals surface area contributed by atoms with Crippen molar-refractivity contribution < 1.29 is 4.79 Å². The Labute approximate surface area is 166 Å². The first kappa shape index (κ1) is 18.2. The van der Waals surface area contributed by atoms with Gasteiger partial charge >= 0.3 is 6.03 Å². The standard InChI is InChI=1S/C21H21N5OS/c1-12(2)10-23-21(27)26-15-5-3-4-13(8-15)14-6-7-16-17(9-14)28-19-18(16)24-11-25-20(19)22/h3-9,11-12H,10H2,1-2H3,(H2,22,24,25)(H2,23,26,27). The first-order valence-corrected chi connectivity index (χ1v) is 9.91. The zero-order valence-electron chi connectivity index (χ0n) is 15.7. The van der Waals surface area contributed by atoms with Gasteiger partial charge in [-0.05, 0) is 35.2 Å². The van der Waals surface area contributed by atoms with Crippen LogP contribution in [0.2, 0.25) is 0 Å². The molecule has 142 valence electrons. The van der Waals surface area contributed by atoms with E-state index in [9.17, 15) is 4.79 Å². The molecule has 0 aliphatic carbocycles. The van der Waals surface area contributed by atoms with Crippen LogP contribution in [-0.2, 0) is 0 Å². The second-order valence-corrected chi connectivity index (χ2v) is 8.11. The lowest BCUT2D eigenvalue weighted by molar-refractivity contribution is 0.251. The number of urea groups is 1. The molecule has 4 rings (SSSR count). The maximum atomic E-state index is 12.0. The molecule has 0 saturated carbocycles. The van der Waals surface area contributed by atoms with Crippen molar-refractivity contribution in [3.05, 3.63) is 48.8 Å². The molecule has 0 bridgehead atoms. The molecular formula is C21H21N5OS. The number of carbonyl (C=O) groups excluding carboxylic acids is 1. The molecular weight excluding hydrogens is 370 g/mol. The highest BCUT2D eigenvalue weighted by Crippen LogP contribution is 2.37. The molecule has 7 heteroatoms. The van der Waals surface area contributed by atoms with Crippen LogP contribution in [-0.4, -0.2) is 22.5 Å². The minimum Gasteiger partial charge on any atom is -0.382 e. The van der Waals surface area contributed by atoms with Crippen LogP contribution in [0, 0.1) is 5.92 Å². The first-order chi connectivity index (χ1) is 13.5. The van der Waals surface area contributed by atoms with E-state index in [1.165, 1.54) is 6.33 Å². The summed E-state index contributed by atoms with van der Waals surface area (Å²) in [6.45, 7) is 4.76. The van der Waals surface area contributed by atoms with Crippen LogP contribution in [0.3, 0.4) is 0 Å². The number of nitrogens with one attached hydrogen (secondary N) is 2. The van der Waals surface area contributed by atoms with Gasteiger partial charge in [-0.25, -0.2) is 14.8 Å². The van der Waals surface area contributed by atoms with E-state index in [0.29, 0.717) is 18.3 Å². The second kappa shape index (κ2) is 7.44. The number of amides is 2. The average molecular weight is 392 g/mol. The number of fused-ring (bicyclic) bond motifs is 3. The third-order valence-corrected chi connectivity index (χ3v) is 5.57. The van der Waals surface area contributed by atoms with E-state index in [2.05, 4.69) is 52.6 Å². The summed E-state index contributed by atoms with van der Waals surface area (Å²) in [7, 11) is 0. The summed E-state index contributed by atoms with van der Waals surface area (Å²) in [5, 5.41) is 6.82. The van der Waals surface area contributed by atoms with Crippen molar-refractivity contribution in [1.82, 2.24) is 15.3 Å². The van der Waals surface area contributed by atoms with Crippen molar-refractivity contribution in [2.24, 2.45) is 5.92 Å². The van der Waals surface area contributed by atoms with E-state index < -0.39 is 0 Å². The van der Waals surface area contributed by atoms with Crippen LogP contribution < -0.4 is 16.4 Å². The molecule has 4 aromatic rings. The number of benzene rings is 2. The molecule has 0 radical (unpaired) electrons. The average Bonchev–Trinajstić information content (AvgIpc) is 3.06. The van der Waals surface area contributed by atoms with E-state index in [4.69, 9.17) is 5.73 Å². The molecule has 0 spiro atoms. The third-order valence-electron chi connectivity index (χ3n) is 4.40. The molecule has 2 aromatic heterocycles. The lowest BCUT2D eigenvalue weighted by Gasteiger charge is -2.10. The number of carbonyl (C=O) groups is 1. The second-order valence-electron chi connectivity index (χ2n) is 7.06. The quantitative estimate of drug-likeness (QED) is 0.463. The number of hydrogen-bond acceptors (Lipinski definition) is 5. The highest BCUT2D eigenvalue weighted by atomic mass is 32.1. The van der Waals surface area contributed by atoms with E-state index in [-0.39, 0.29) is 6.03 Å². The number of rotatable bonds is 4. The lowest BCUT2D eigenvalue weighted by atomic mass is 10.0. The Balaban J connectivity index is 1.63. The number of aromatic nitrogens is 2. The van der Waals surface area contributed by atoms with Crippen molar-refractivity contribution in [2.75, 3.05) is 17.6 Å². The number of anilines is 2. The molecule has 0 unspecified atom stereocenters. The maximum Gasteiger partial charge on any atom is 0.319 e. The Kier molecular flexibility index (Phi) is 4.83. The van der Waals surface area contributed by atoms with Gasteiger partial charge in [0.1, 0.15) is 12.1 Å². The summed E-state index contributed by atoms with van der Waals surface area (Å²) < 4.78 is 2.01. The molecule has 28 heavy (non-hydrogen) atoms. The molecule has 0 saturated heterocycles. The molecule has 2 amide bonds. The number of hydrogen-bond donors (Lipinski definition) is 3. The fourth-order valence-electron chi connectivity index (χ4n) is 3.02. The van der Waals surface area contributed by atoms with Crippen LogP contribution >= 0.6 is 11.3 Å². The smallest absolute Gasteiger partial charge is 0.319 e. The Morgan fingerprint density at radius 3 is 2.79 bits per heavy atom. The predicted octanol–water partition coefficient (Wildman–Crippen LogP) is 4.87. The Bertz CT molecular complexity index is 1170. The largest absolute Gasteiger partial charge is 0.382 e. The third kappa shape index (κ3) is 3.61. The number of nitrogens with zero attached hydrogens (tertiary/aromatic N) is 2. The van der Waals surface area contributed by atoms with Gasteiger partial charge < -0.3 is 16.4 Å². The molecule has 4 N–H and O–H groups in total. The normalized spacial score (nSPS) is 11.2. The predicted molar refractivity (Wildman–Crippen MR) is 117 cm³/mol. The van der Waals surface area contributed by atoms with Gasteiger partial charge in [-0.2, -0.15) is 0 Å². The lowest BCUT2D eigenvalue weighted by Crippen LogP contribution is -2.31. The summed E-state index contributed by atoms with van der Waals surface area (Å²) in [6.07, 6.45) is 1.50. The van der Waals surface area contributed by atoms with Crippen LogP contribution in [0.4, 0.5) is 16.3 Å². The minimum atomic E-state index is -0.195. The van der Waals surface area contributed by atoms with Gasteiger partial charge in [0.15, 0.2) is 0 Å². The van der Waals surface area contributed by atoms with Gasteiger partial charge in [-0.1, -0.05) is 38.1 Å². The van der Waals surface area contributed by atoms with E-state index in [0.717, 1.165) is 37.1 Å². The molecule has 0 aliphatic heterocycles. The van der Waals surface area contributed by atoms with Crippen LogP contribution in [0.15, 0.2) is 48.8 Å². The maximum absolute atomic E-state index is 12.0. The highest BCUT2D eigenvalue weighted by molar-refractivity contribution is 7.26. The van der Waals surface area contributed by atoms with Gasteiger partial charge in [0.25, 0.3) is 0 Å². The summed E-state index contributed by atoms with van der Waals surface area (Å²) in [5.41, 5.74) is 9.73. The van der Waals surface area contributed by atoms with Crippen molar-refractivity contribution in [1.29, 1.82) is 0 Å². The Morgan fingerprint density at radius 1 is 1.14 bits per heavy atom. The Hall–Kier alpha value is -3.19. The summed E-state index contributed by atoms with van der Waals surface area (Å²) in [6, 6.07) is 13.9. The van der Waals surface area contributed by atoms with E-state index in [1.807, 2.05) is 24.3 Å². The number of thiophene rings is 1. The molecule has 6 nitrogen and oxygen atoms in total. The van der Waals surface area contributed by atoms with Gasteiger partial charge in [-0.3, -0.25) is 0 Å². The summed E-state index contributed by atoms with van der Waals surface area (Å²) >= 11 is 1.59. The van der Waals surface area contributed by atoms with Gasteiger partial charge in [0.05, 0.1) is 10.2 Å². The van der Waals surface area contributed by atoms with Crippen molar-refractivity contribution in [3.63, 3.8) is 0 Å². The van der Waals surface area contributed by atoms with Gasteiger partial charge in [-0.15, -0.1) is 11.3 Å². The number of nitrogens with two attached hydrogens (primary N) is 1. The molecule has 0 aliphatic rings.